The van der Waals surface area contributed by atoms with E-state index in [0.717, 1.165) is 0 Å². The van der Waals surface area contributed by atoms with Crippen LogP contribution >= 0.6 is 23.2 Å². The molecule has 0 bridgehead atoms. The van der Waals surface area contributed by atoms with Crippen LogP contribution in [0, 0.1) is 0 Å². The fourth-order valence-electron chi connectivity index (χ4n) is 1.79. The third-order valence-corrected chi connectivity index (χ3v) is 3.56. The van der Waals surface area contributed by atoms with Crippen LogP contribution in [-0.4, -0.2) is 18.4 Å². The Morgan fingerprint density at radius 1 is 1.00 bits per heavy atom. The minimum atomic E-state index is -0.824. The number of carbonyl (C=O) groups excluding carboxylic acids is 2. The van der Waals surface area contributed by atoms with Gasteiger partial charge in [-0.05, 0) is 37.3 Å². The number of carbonyl (C=O) groups is 2. The van der Waals surface area contributed by atoms with E-state index in [1.54, 1.807) is 30.3 Å². The number of para-hydroxylation sites is 2. The average Bonchev–Trinajstić information content (AvgIpc) is 2.53. The second-order valence-corrected chi connectivity index (χ2v) is 5.28. The first kappa shape index (κ1) is 17.1. The van der Waals surface area contributed by atoms with E-state index in [-0.39, 0.29) is 5.02 Å². The molecule has 2 aromatic carbocycles. The SMILES string of the molecule is CCOc1ccccc1NC(=O)C(=O)Nc1ccc(Cl)c(Cl)c1. The lowest BCUT2D eigenvalue weighted by Gasteiger charge is -2.11. The number of anilines is 2. The van der Waals surface area contributed by atoms with E-state index in [4.69, 9.17) is 27.9 Å². The number of hydrogen-bond donors (Lipinski definition) is 2. The van der Waals surface area contributed by atoms with E-state index in [9.17, 15) is 9.59 Å². The Morgan fingerprint density at radius 2 is 1.70 bits per heavy atom. The summed E-state index contributed by atoms with van der Waals surface area (Å²) in [6.45, 7) is 2.28. The van der Waals surface area contributed by atoms with Gasteiger partial charge in [-0.3, -0.25) is 9.59 Å². The molecule has 0 aliphatic heterocycles. The van der Waals surface area contributed by atoms with E-state index in [1.165, 1.54) is 12.1 Å². The number of nitrogens with one attached hydrogen (secondary N) is 2. The number of hydrogen-bond acceptors (Lipinski definition) is 3. The first-order chi connectivity index (χ1) is 11.0. The fraction of sp³-hybridized carbons (Fsp3) is 0.125. The smallest absolute Gasteiger partial charge is 0.314 e. The van der Waals surface area contributed by atoms with Crippen LogP contribution in [0.5, 0.6) is 5.75 Å². The molecule has 0 heterocycles. The van der Waals surface area contributed by atoms with Gasteiger partial charge in [0.25, 0.3) is 0 Å². The quantitative estimate of drug-likeness (QED) is 0.818. The molecule has 23 heavy (non-hydrogen) atoms. The van der Waals surface area contributed by atoms with Gasteiger partial charge in [0.2, 0.25) is 0 Å². The zero-order valence-electron chi connectivity index (χ0n) is 12.2. The molecule has 0 radical (unpaired) electrons. The molecule has 5 nitrogen and oxygen atoms in total. The third kappa shape index (κ3) is 4.61. The number of rotatable bonds is 4. The summed E-state index contributed by atoms with van der Waals surface area (Å²) in [4.78, 5) is 23.9. The Balaban J connectivity index is 2.05. The van der Waals surface area contributed by atoms with Crippen LogP contribution in [0.15, 0.2) is 42.5 Å². The molecule has 0 fully saturated rings. The summed E-state index contributed by atoms with van der Waals surface area (Å²) < 4.78 is 5.39. The van der Waals surface area contributed by atoms with E-state index < -0.39 is 11.8 Å². The minimum absolute atomic E-state index is 0.284. The van der Waals surface area contributed by atoms with Gasteiger partial charge in [0.05, 0.1) is 22.3 Å². The molecule has 0 atom stereocenters. The van der Waals surface area contributed by atoms with Gasteiger partial charge in [-0.2, -0.15) is 0 Å². The van der Waals surface area contributed by atoms with Crippen molar-refractivity contribution in [1.29, 1.82) is 0 Å². The highest BCUT2D eigenvalue weighted by Crippen LogP contribution is 2.25. The highest BCUT2D eigenvalue weighted by atomic mass is 35.5. The molecule has 0 unspecified atom stereocenters. The zero-order valence-corrected chi connectivity index (χ0v) is 13.7. The summed E-state index contributed by atoms with van der Waals surface area (Å²) >= 11 is 11.7. The number of halogens is 2. The fourth-order valence-corrected chi connectivity index (χ4v) is 2.09. The van der Waals surface area contributed by atoms with Gasteiger partial charge in [0.1, 0.15) is 5.75 Å². The number of ether oxygens (including phenoxy) is 1. The standard InChI is InChI=1S/C16H14Cl2N2O3/c1-2-23-14-6-4-3-5-13(14)20-16(22)15(21)19-10-7-8-11(17)12(18)9-10/h3-9H,2H2,1H3,(H,19,21)(H,20,22). The molecule has 0 spiro atoms. The summed E-state index contributed by atoms with van der Waals surface area (Å²) in [5.74, 6) is -1.15. The van der Waals surface area contributed by atoms with Gasteiger partial charge < -0.3 is 15.4 Å². The Kier molecular flexibility index (Phi) is 5.84. The summed E-state index contributed by atoms with van der Waals surface area (Å²) in [5.41, 5.74) is 0.793. The first-order valence-corrected chi connectivity index (χ1v) is 7.56. The second-order valence-electron chi connectivity index (χ2n) is 4.47. The maximum Gasteiger partial charge on any atom is 0.314 e. The topological polar surface area (TPSA) is 67.4 Å². The van der Waals surface area contributed by atoms with Crippen molar-refractivity contribution in [3.05, 3.63) is 52.5 Å². The second kappa shape index (κ2) is 7.85. The molecule has 0 saturated carbocycles. The van der Waals surface area contributed by atoms with Crippen LogP contribution in [0.25, 0.3) is 0 Å². The first-order valence-electron chi connectivity index (χ1n) is 6.80. The predicted octanol–water partition coefficient (Wildman–Crippen LogP) is 3.97. The van der Waals surface area contributed by atoms with E-state index in [1.807, 2.05) is 6.92 Å². The van der Waals surface area contributed by atoms with Crippen molar-refractivity contribution in [3.8, 4) is 5.75 Å². The van der Waals surface area contributed by atoms with Crippen molar-refractivity contribution in [2.24, 2.45) is 0 Å². The van der Waals surface area contributed by atoms with Crippen molar-refractivity contribution in [2.45, 2.75) is 6.92 Å². The number of amides is 2. The molecular weight excluding hydrogens is 339 g/mol. The maximum atomic E-state index is 12.0. The lowest BCUT2D eigenvalue weighted by molar-refractivity contribution is -0.133. The van der Waals surface area contributed by atoms with Crippen molar-refractivity contribution in [1.82, 2.24) is 0 Å². The Bertz CT molecular complexity index is 735. The van der Waals surface area contributed by atoms with E-state index in [0.29, 0.717) is 28.8 Å². The number of benzene rings is 2. The van der Waals surface area contributed by atoms with Gasteiger partial charge in [-0.1, -0.05) is 35.3 Å². The molecule has 2 amide bonds. The van der Waals surface area contributed by atoms with Crippen molar-refractivity contribution < 1.29 is 14.3 Å². The molecule has 0 aliphatic carbocycles. The van der Waals surface area contributed by atoms with Crippen LogP contribution < -0.4 is 15.4 Å². The van der Waals surface area contributed by atoms with Gasteiger partial charge in [-0.25, -0.2) is 0 Å². The molecule has 120 valence electrons. The zero-order chi connectivity index (χ0) is 16.8. The van der Waals surface area contributed by atoms with Crippen LogP contribution in [0.2, 0.25) is 10.0 Å². The minimum Gasteiger partial charge on any atom is -0.492 e. The van der Waals surface area contributed by atoms with Gasteiger partial charge in [-0.15, -0.1) is 0 Å². The summed E-state index contributed by atoms with van der Waals surface area (Å²) in [7, 11) is 0. The van der Waals surface area contributed by atoms with Crippen molar-refractivity contribution >= 4 is 46.4 Å². The van der Waals surface area contributed by atoms with Crippen LogP contribution in [0.1, 0.15) is 6.92 Å². The summed E-state index contributed by atoms with van der Waals surface area (Å²) in [6, 6.07) is 11.4. The highest BCUT2D eigenvalue weighted by Gasteiger charge is 2.16. The Hall–Kier alpha value is -2.24. The molecule has 7 heteroatoms. The molecule has 2 N–H and O–H groups in total. The van der Waals surface area contributed by atoms with Gasteiger partial charge in [0, 0.05) is 5.69 Å². The van der Waals surface area contributed by atoms with Crippen molar-refractivity contribution in [2.75, 3.05) is 17.2 Å². The lowest BCUT2D eigenvalue weighted by Crippen LogP contribution is -2.29. The molecule has 0 aromatic heterocycles. The van der Waals surface area contributed by atoms with Crippen LogP contribution in [0.4, 0.5) is 11.4 Å². The van der Waals surface area contributed by atoms with Gasteiger partial charge >= 0.3 is 11.8 Å². The highest BCUT2D eigenvalue weighted by molar-refractivity contribution is 6.44. The average molecular weight is 353 g/mol. The Labute approximate surface area is 143 Å². The lowest BCUT2D eigenvalue weighted by atomic mass is 10.3. The van der Waals surface area contributed by atoms with E-state index in [2.05, 4.69) is 10.6 Å². The largest absolute Gasteiger partial charge is 0.492 e. The Morgan fingerprint density at radius 3 is 2.39 bits per heavy atom. The molecular formula is C16H14Cl2N2O3. The molecule has 0 aliphatic rings. The third-order valence-electron chi connectivity index (χ3n) is 2.82. The van der Waals surface area contributed by atoms with Gasteiger partial charge in [0.15, 0.2) is 0 Å². The molecule has 2 rings (SSSR count). The summed E-state index contributed by atoms with van der Waals surface area (Å²) in [6.07, 6.45) is 0. The molecule has 0 saturated heterocycles. The predicted molar refractivity (Wildman–Crippen MR) is 91.3 cm³/mol. The molecule has 2 aromatic rings. The van der Waals surface area contributed by atoms with Crippen LogP contribution in [-0.2, 0) is 9.59 Å². The maximum absolute atomic E-state index is 12.0. The van der Waals surface area contributed by atoms with Crippen LogP contribution in [0.3, 0.4) is 0 Å². The van der Waals surface area contributed by atoms with E-state index >= 15 is 0 Å². The summed E-state index contributed by atoms with van der Waals surface area (Å²) in [5, 5.41) is 5.60. The van der Waals surface area contributed by atoms with Crippen molar-refractivity contribution in [3.63, 3.8) is 0 Å². The normalized spacial score (nSPS) is 10.0. The monoisotopic (exact) mass is 352 g/mol.